The van der Waals surface area contributed by atoms with Gasteiger partial charge in [0.25, 0.3) is 0 Å². The Kier molecular flexibility index (Phi) is 4.29. The molecule has 4 rings (SSSR count). The van der Waals surface area contributed by atoms with E-state index in [-0.39, 0.29) is 11.9 Å². The smallest absolute Gasteiger partial charge is 0.244 e. The number of nitrogens with zero attached hydrogens (tertiary/aromatic N) is 3. The lowest BCUT2D eigenvalue weighted by Gasteiger charge is -2.21. The van der Waals surface area contributed by atoms with E-state index in [0.717, 1.165) is 0 Å². The van der Waals surface area contributed by atoms with Crippen LogP contribution in [0.15, 0.2) is 59.1 Å². The van der Waals surface area contributed by atoms with Gasteiger partial charge in [-0.05, 0) is 36.2 Å². The van der Waals surface area contributed by atoms with Crippen LogP contribution in [0.4, 0.5) is 4.39 Å². The number of likely N-dealkylation sites (tertiary alicyclic amines) is 1. The van der Waals surface area contributed by atoms with Crippen molar-refractivity contribution in [2.24, 2.45) is 0 Å². The molecule has 0 spiro atoms. The largest absolute Gasteiger partial charge is 0.392 e. The minimum absolute atomic E-state index is 0.128. The maximum Gasteiger partial charge on any atom is 0.244 e. The Morgan fingerprint density at radius 2 is 1.88 bits per heavy atom. The van der Waals surface area contributed by atoms with Gasteiger partial charge in [-0.1, -0.05) is 35.5 Å². The van der Waals surface area contributed by atoms with Gasteiger partial charge >= 0.3 is 0 Å². The SMILES string of the molecule is O[C@@H]1C[C@@H](c2nc(-c3ccc(F)cc3)no2)N(Cc2ccccc2)C1. The van der Waals surface area contributed by atoms with Crippen molar-refractivity contribution in [3.8, 4) is 11.4 Å². The van der Waals surface area contributed by atoms with Gasteiger partial charge in [0, 0.05) is 18.7 Å². The molecule has 128 valence electrons. The molecule has 1 aliphatic heterocycles. The van der Waals surface area contributed by atoms with Crippen molar-refractivity contribution < 1.29 is 14.0 Å². The van der Waals surface area contributed by atoms with Crippen molar-refractivity contribution in [1.82, 2.24) is 15.0 Å². The lowest BCUT2D eigenvalue weighted by molar-refractivity contribution is 0.169. The van der Waals surface area contributed by atoms with Crippen molar-refractivity contribution in [2.75, 3.05) is 6.54 Å². The third kappa shape index (κ3) is 3.45. The summed E-state index contributed by atoms with van der Waals surface area (Å²) in [5.74, 6) is 0.600. The van der Waals surface area contributed by atoms with E-state index in [9.17, 15) is 9.50 Å². The van der Waals surface area contributed by atoms with Gasteiger partial charge in [-0.2, -0.15) is 4.98 Å². The molecule has 1 saturated heterocycles. The van der Waals surface area contributed by atoms with Gasteiger partial charge in [-0.3, -0.25) is 4.90 Å². The highest BCUT2D eigenvalue weighted by atomic mass is 19.1. The zero-order valence-electron chi connectivity index (χ0n) is 13.5. The van der Waals surface area contributed by atoms with Crippen LogP contribution >= 0.6 is 0 Å². The van der Waals surface area contributed by atoms with Gasteiger partial charge in [0.2, 0.25) is 11.7 Å². The number of aliphatic hydroxyl groups is 1. The highest BCUT2D eigenvalue weighted by molar-refractivity contribution is 5.53. The number of rotatable bonds is 4. The predicted molar refractivity (Wildman–Crippen MR) is 89.9 cm³/mol. The van der Waals surface area contributed by atoms with Crippen molar-refractivity contribution in [3.05, 3.63) is 71.9 Å². The van der Waals surface area contributed by atoms with Gasteiger partial charge in [-0.15, -0.1) is 0 Å². The average Bonchev–Trinajstić information content (AvgIpc) is 3.23. The van der Waals surface area contributed by atoms with Crippen molar-refractivity contribution >= 4 is 0 Å². The predicted octanol–water partition coefficient (Wildman–Crippen LogP) is 3.18. The van der Waals surface area contributed by atoms with Crippen molar-refractivity contribution in [1.29, 1.82) is 0 Å². The molecule has 0 unspecified atom stereocenters. The molecule has 3 aromatic rings. The van der Waals surface area contributed by atoms with E-state index < -0.39 is 6.10 Å². The number of aliphatic hydroxyl groups excluding tert-OH is 1. The zero-order valence-corrected chi connectivity index (χ0v) is 13.5. The first-order chi connectivity index (χ1) is 12.2. The van der Waals surface area contributed by atoms with Crippen molar-refractivity contribution in [3.63, 3.8) is 0 Å². The molecule has 25 heavy (non-hydrogen) atoms. The number of β-amino-alcohol motifs (C(OH)–C–C–N with tert-alkyl or cyclic N) is 1. The Balaban J connectivity index is 1.56. The lowest BCUT2D eigenvalue weighted by atomic mass is 10.1. The number of hydrogen-bond acceptors (Lipinski definition) is 5. The molecule has 0 amide bonds. The lowest BCUT2D eigenvalue weighted by Crippen LogP contribution is -2.24. The summed E-state index contributed by atoms with van der Waals surface area (Å²) in [6.07, 6.45) is 0.132. The Bertz CT molecular complexity index is 835. The second kappa shape index (κ2) is 6.74. The summed E-state index contributed by atoms with van der Waals surface area (Å²) in [6.45, 7) is 1.27. The Hall–Kier alpha value is -2.57. The van der Waals surface area contributed by atoms with E-state index in [0.29, 0.717) is 36.8 Å². The molecular weight excluding hydrogens is 321 g/mol. The third-order valence-corrected chi connectivity index (χ3v) is 4.44. The first kappa shape index (κ1) is 15.9. The molecule has 0 bridgehead atoms. The van der Waals surface area contributed by atoms with Crippen LogP contribution in [0.25, 0.3) is 11.4 Å². The number of hydrogen-bond donors (Lipinski definition) is 1. The highest BCUT2D eigenvalue weighted by Gasteiger charge is 2.35. The van der Waals surface area contributed by atoms with Crippen LogP contribution < -0.4 is 0 Å². The van der Waals surface area contributed by atoms with Gasteiger partial charge in [0.15, 0.2) is 0 Å². The molecule has 1 aliphatic rings. The first-order valence-corrected chi connectivity index (χ1v) is 8.24. The number of aromatic nitrogens is 2. The Labute approximate surface area is 144 Å². The summed E-state index contributed by atoms with van der Waals surface area (Å²) in [7, 11) is 0. The second-order valence-corrected chi connectivity index (χ2v) is 6.28. The minimum atomic E-state index is -0.421. The van der Waals surface area contributed by atoms with Crippen LogP contribution in [0, 0.1) is 5.82 Å². The summed E-state index contributed by atoms with van der Waals surface area (Å²) >= 11 is 0. The molecule has 2 atom stereocenters. The zero-order chi connectivity index (χ0) is 17.2. The van der Waals surface area contributed by atoms with Crippen LogP contribution in [-0.4, -0.2) is 32.8 Å². The fraction of sp³-hybridized carbons (Fsp3) is 0.263. The molecule has 0 saturated carbocycles. The molecule has 1 fully saturated rings. The normalized spacial score (nSPS) is 20.9. The average molecular weight is 339 g/mol. The van der Waals surface area contributed by atoms with E-state index in [2.05, 4.69) is 27.2 Å². The summed E-state index contributed by atoms with van der Waals surface area (Å²) in [4.78, 5) is 6.61. The molecule has 1 N–H and O–H groups in total. The maximum absolute atomic E-state index is 13.1. The minimum Gasteiger partial charge on any atom is -0.392 e. The van der Waals surface area contributed by atoms with Crippen LogP contribution in [-0.2, 0) is 6.54 Å². The molecule has 0 aliphatic carbocycles. The van der Waals surface area contributed by atoms with Crippen LogP contribution in [0.5, 0.6) is 0 Å². The molecule has 2 heterocycles. The van der Waals surface area contributed by atoms with Gasteiger partial charge in [0.05, 0.1) is 12.1 Å². The molecule has 5 nitrogen and oxygen atoms in total. The summed E-state index contributed by atoms with van der Waals surface area (Å²) in [6, 6.07) is 15.9. The van der Waals surface area contributed by atoms with E-state index in [1.54, 1.807) is 12.1 Å². The quantitative estimate of drug-likeness (QED) is 0.791. The molecule has 2 aromatic carbocycles. The topological polar surface area (TPSA) is 62.4 Å². The monoisotopic (exact) mass is 339 g/mol. The number of benzene rings is 2. The first-order valence-electron chi connectivity index (χ1n) is 8.24. The van der Waals surface area contributed by atoms with Gasteiger partial charge < -0.3 is 9.63 Å². The fourth-order valence-corrected chi connectivity index (χ4v) is 3.22. The summed E-state index contributed by atoms with van der Waals surface area (Å²) in [5, 5.41) is 14.1. The summed E-state index contributed by atoms with van der Waals surface area (Å²) in [5.41, 5.74) is 1.87. The van der Waals surface area contributed by atoms with Gasteiger partial charge in [-0.25, -0.2) is 4.39 Å². The standard InChI is InChI=1S/C19H18FN3O2/c20-15-8-6-14(7-9-15)18-21-19(25-22-18)17-10-16(24)12-23(17)11-13-4-2-1-3-5-13/h1-9,16-17,24H,10-12H2/t16-,17+/m1/s1. The van der Waals surface area contributed by atoms with Crippen molar-refractivity contribution in [2.45, 2.75) is 25.1 Å². The van der Waals surface area contributed by atoms with E-state index in [4.69, 9.17) is 4.52 Å². The number of halogens is 1. The van der Waals surface area contributed by atoms with E-state index in [1.165, 1.54) is 17.7 Å². The van der Waals surface area contributed by atoms with E-state index >= 15 is 0 Å². The third-order valence-electron chi connectivity index (χ3n) is 4.44. The highest BCUT2D eigenvalue weighted by Crippen LogP contribution is 2.33. The Morgan fingerprint density at radius 1 is 1.12 bits per heavy atom. The van der Waals surface area contributed by atoms with Gasteiger partial charge in [0.1, 0.15) is 5.82 Å². The Morgan fingerprint density at radius 3 is 2.64 bits per heavy atom. The second-order valence-electron chi connectivity index (χ2n) is 6.28. The molecular formula is C19H18FN3O2. The molecule has 1 aromatic heterocycles. The van der Waals surface area contributed by atoms with E-state index in [1.807, 2.05) is 18.2 Å². The van der Waals surface area contributed by atoms with Crippen LogP contribution in [0.3, 0.4) is 0 Å². The summed E-state index contributed by atoms with van der Waals surface area (Å²) < 4.78 is 18.5. The maximum atomic E-state index is 13.1. The molecule has 0 radical (unpaired) electrons. The molecule has 6 heteroatoms. The van der Waals surface area contributed by atoms with Crippen LogP contribution in [0.2, 0.25) is 0 Å². The van der Waals surface area contributed by atoms with Crippen LogP contribution in [0.1, 0.15) is 23.9 Å². The fourth-order valence-electron chi connectivity index (χ4n) is 3.22.